The van der Waals surface area contributed by atoms with Gasteiger partial charge in [-0.2, -0.15) is 0 Å². The van der Waals surface area contributed by atoms with E-state index in [1.165, 1.54) is 10.8 Å². The summed E-state index contributed by atoms with van der Waals surface area (Å²) in [4.78, 5) is 27.2. The smallest absolute Gasteiger partial charge is 0.342 e. The molecule has 0 saturated heterocycles. The van der Waals surface area contributed by atoms with Gasteiger partial charge < -0.3 is 10.1 Å². The summed E-state index contributed by atoms with van der Waals surface area (Å²) in [5.41, 5.74) is 4.68. The van der Waals surface area contributed by atoms with Crippen LogP contribution in [0, 0.1) is 24.0 Å². The first-order valence-electron chi connectivity index (χ1n) is 7.40. The lowest BCUT2D eigenvalue weighted by Gasteiger charge is -2.20. The van der Waals surface area contributed by atoms with Crippen molar-refractivity contribution in [2.75, 3.05) is 0 Å². The van der Waals surface area contributed by atoms with Crippen LogP contribution in [0.1, 0.15) is 39.3 Å². The van der Waals surface area contributed by atoms with Gasteiger partial charge in [-0.15, -0.1) is 0 Å². The van der Waals surface area contributed by atoms with Crippen LogP contribution in [0.2, 0.25) is 0 Å². The lowest BCUT2D eigenvalue weighted by atomic mass is 9.83. The molecule has 1 aliphatic rings. The number of Topliss-reactive ketones (excluding diaryl/α,β-unsaturated/α-hetero) is 1. The average molecular weight is 311 g/mol. The minimum atomic E-state index is -0.486. The Morgan fingerprint density at radius 2 is 2.04 bits per heavy atom. The molecule has 0 spiro atoms. The number of hydrogen-bond acceptors (Lipinski definition) is 4. The van der Waals surface area contributed by atoms with Crippen molar-refractivity contribution in [1.29, 1.82) is 0 Å². The minimum Gasteiger partial charge on any atom is -0.358 e. The first-order chi connectivity index (χ1) is 10.9. The fraction of sp³-hybridized carbons (Fsp3) is 0.294. The average Bonchev–Trinajstić information content (AvgIpc) is 2.84. The number of rotatable bonds is 2. The minimum absolute atomic E-state index is 0.0105. The molecule has 0 atom stereocenters. The molecule has 1 aliphatic carbocycles. The number of hydrogen-bond donors (Lipinski definition) is 0. The van der Waals surface area contributed by atoms with Crippen molar-refractivity contribution >= 4 is 17.7 Å². The monoisotopic (exact) mass is 311 g/mol. The van der Waals surface area contributed by atoms with Crippen LogP contribution in [0.15, 0.2) is 23.9 Å². The molecule has 2 aromatic rings. The van der Waals surface area contributed by atoms with Crippen LogP contribution in [0.3, 0.4) is 0 Å². The number of aromatic nitrogens is 2. The molecule has 0 N–H and O–H groups in total. The van der Waals surface area contributed by atoms with E-state index in [-0.39, 0.29) is 11.6 Å². The van der Waals surface area contributed by atoms with Crippen molar-refractivity contribution in [2.45, 2.75) is 26.7 Å². The predicted octanol–water partition coefficient (Wildman–Crippen LogP) is 3.16. The number of benzene rings is 1. The highest BCUT2D eigenvalue weighted by Gasteiger charge is 2.25. The van der Waals surface area contributed by atoms with Crippen molar-refractivity contribution in [3.8, 4) is 0 Å². The first-order valence-corrected chi connectivity index (χ1v) is 7.40. The van der Waals surface area contributed by atoms with Crippen LogP contribution in [0.5, 0.6) is 0 Å². The molecule has 118 valence electrons. The second-order valence-electron chi connectivity index (χ2n) is 5.90. The van der Waals surface area contributed by atoms with Gasteiger partial charge in [0, 0.05) is 17.2 Å². The highest BCUT2D eigenvalue weighted by Crippen LogP contribution is 2.30. The maximum atomic E-state index is 12.7. The summed E-state index contributed by atoms with van der Waals surface area (Å²) >= 11 is 0. The van der Waals surface area contributed by atoms with Gasteiger partial charge in [0.15, 0.2) is 5.78 Å². The van der Waals surface area contributed by atoms with E-state index < -0.39 is 4.92 Å². The maximum Gasteiger partial charge on any atom is 0.342 e. The molecule has 6 nitrogen and oxygen atoms in total. The van der Waals surface area contributed by atoms with Crippen molar-refractivity contribution in [3.05, 3.63) is 62.1 Å². The molecule has 23 heavy (non-hydrogen) atoms. The quantitative estimate of drug-likeness (QED) is 0.485. The van der Waals surface area contributed by atoms with E-state index in [1.54, 1.807) is 13.1 Å². The summed E-state index contributed by atoms with van der Waals surface area (Å²) in [7, 11) is 1.58. The number of carbonyl (C=O) groups is 1. The van der Waals surface area contributed by atoms with E-state index in [0.717, 1.165) is 28.7 Å². The highest BCUT2D eigenvalue weighted by molar-refractivity contribution is 6.13. The Bertz CT molecular complexity index is 862. The van der Waals surface area contributed by atoms with Crippen molar-refractivity contribution < 1.29 is 9.72 Å². The molecular formula is C17H17N3O3. The Labute approximate surface area is 133 Å². The molecule has 0 amide bonds. The molecule has 1 aromatic heterocycles. The van der Waals surface area contributed by atoms with Crippen LogP contribution < -0.4 is 0 Å². The molecule has 0 radical (unpaired) electrons. The van der Waals surface area contributed by atoms with Gasteiger partial charge in [0.25, 0.3) is 0 Å². The Morgan fingerprint density at radius 1 is 1.30 bits per heavy atom. The maximum absolute atomic E-state index is 12.7. The molecule has 0 saturated carbocycles. The third-order valence-electron chi connectivity index (χ3n) is 4.29. The fourth-order valence-electron chi connectivity index (χ4n) is 3.09. The second kappa shape index (κ2) is 5.46. The molecule has 1 aromatic carbocycles. The van der Waals surface area contributed by atoms with Gasteiger partial charge >= 0.3 is 5.82 Å². The number of nitro groups is 1. The summed E-state index contributed by atoms with van der Waals surface area (Å²) in [5, 5.41) is 10.9. The third kappa shape index (κ3) is 2.56. The van der Waals surface area contributed by atoms with Crippen LogP contribution in [0.4, 0.5) is 5.82 Å². The Kier molecular flexibility index (Phi) is 3.60. The molecule has 3 rings (SSSR count). The molecule has 0 fully saturated rings. The molecule has 6 heteroatoms. The van der Waals surface area contributed by atoms with Crippen LogP contribution in [-0.2, 0) is 13.5 Å². The SMILES string of the molecule is Cc1cc(C)c2c(c1)C(=O)C(=Cc1ncc([N+](=O)[O-])n1C)CC2. The van der Waals surface area contributed by atoms with Gasteiger partial charge in [0.1, 0.15) is 6.20 Å². The molecule has 0 bridgehead atoms. The van der Waals surface area contributed by atoms with E-state index in [4.69, 9.17) is 0 Å². The Hall–Kier alpha value is -2.76. The van der Waals surface area contributed by atoms with Crippen molar-refractivity contribution in [2.24, 2.45) is 7.05 Å². The normalized spacial score (nSPS) is 15.8. The number of carbonyl (C=O) groups excluding carboxylic acids is 1. The van der Waals surface area contributed by atoms with Gasteiger partial charge in [-0.25, -0.2) is 9.55 Å². The van der Waals surface area contributed by atoms with E-state index in [1.807, 2.05) is 19.9 Å². The highest BCUT2D eigenvalue weighted by atomic mass is 16.6. The van der Waals surface area contributed by atoms with Gasteiger partial charge in [-0.05, 0) is 48.8 Å². The van der Waals surface area contributed by atoms with Crippen LogP contribution in [0.25, 0.3) is 6.08 Å². The predicted molar refractivity (Wildman–Crippen MR) is 86.4 cm³/mol. The Balaban J connectivity index is 2.03. The number of aryl methyl sites for hydroxylation is 2. The zero-order chi connectivity index (χ0) is 16.7. The Morgan fingerprint density at radius 3 is 2.70 bits per heavy atom. The summed E-state index contributed by atoms with van der Waals surface area (Å²) in [5.74, 6) is 0.323. The van der Waals surface area contributed by atoms with E-state index in [2.05, 4.69) is 11.1 Å². The van der Waals surface area contributed by atoms with Crippen molar-refractivity contribution in [1.82, 2.24) is 9.55 Å². The molecule has 0 aliphatic heterocycles. The topological polar surface area (TPSA) is 78.0 Å². The van der Waals surface area contributed by atoms with Crippen molar-refractivity contribution in [3.63, 3.8) is 0 Å². The number of imidazole rings is 1. The van der Waals surface area contributed by atoms with Crippen LogP contribution in [-0.4, -0.2) is 20.3 Å². The number of nitrogens with zero attached hydrogens (tertiary/aromatic N) is 3. The molecule has 0 unspecified atom stereocenters. The lowest BCUT2D eigenvalue weighted by molar-refractivity contribution is -0.391. The van der Waals surface area contributed by atoms with Gasteiger partial charge in [0.2, 0.25) is 5.82 Å². The zero-order valence-electron chi connectivity index (χ0n) is 13.3. The standard InChI is InChI=1S/C17H17N3O3/c1-10-6-11(2)13-5-4-12(17(21)14(13)7-10)8-15-18-9-16(19(15)3)20(22)23/h6-9H,4-5H2,1-3H3. The number of allylic oxidation sites excluding steroid dienone is 1. The van der Waals surface area contributed by atoms with Gasteiger partial charge in [-0.1, -0.05) is 11.6 Å². The van der Waals surface area contributed by atoms with Crippen LogP contribution >= 0.6 is 0 Å². The zero-order valence-corrected chi connectivity index (χ0v) is 13.3. The third-order valence-corrected chi connectivity index (χ3v) is 4.29. The number of ketones is 1. The largest absolute Gasteiger partial charge is 0.358 e. The second-order valence-corrected chi connectivity index (χ2v) is 5.90. The van der Waals surface area contributed by atoms with E-state index in [9.17, 15) is 14.9 Å². The summed E-state index contributed by atoms with van der Waals surface area (Å²) in [6.45, 7) is 4.00. The first kappa shape index (κ1) is 15.1. The lowest BCUT2D eigenvalue weighted by Crippen LogP contribution is -2.16. The van der Waals surface area contributed by atoms with Gasteiger partial charge in [-0.3, -0.25) is 4.79 Å². The summed E-state index contributed by atoms with van der Waals surface area (Å²) in [6.07, 6.45) is 4.29. The number of fused-ring (bicyclic) bond motifs is 1. The summed E-state index contributed by atoms with van der Waals surface area (Å²) < 4.78 is 1.39. The molecule has 1 heterocycles. The van der Waals surface area contributed by atoms with E-state index >= 15 is 0 Å². The summed E-state index contributed by atoms with van der Waals surface area (Å²) in [6, 6.07) is 4.00. The van der Waals surface area contributed by atoms with E-state index in [0.29, 0.717) is 17.8 Å². The van der Waals surface area contributed by atoms with Gasteiger partial charge in [0.05, 0.1) is 7.05 Å². The fourth-order valence-corrected chi connectivity index (χ4v) is 3.09. The molecular weight excluding hydrogens is 294 g/mol.